The molecule has 11 heteroatoms. The Morgan fingerprint density at radius 1 is 1.22 bits per heavy atom. The molecule has 6 N–H and O–H groups in total. The molecule has 0 saturated heterocycles. The number of carbonyl (C=O) groups excluding carboxylic acids is 1. The van der Waals surface area contributed by atoms with Crippen molar-refractivity contribution in [1.29, 1.82) is 0 Å². The second-order valence-electron chi connectivity index (χ2n) is 5.95. The van der Waals surface area contributed by atoms with E-state index in [2.05, 4.69) is 0 Å². The first kappa shape index (κ1) is 19.9. The third-order valence-corrected chi connectivity index (χ3v) is 3.72. The highest BCUT2D eigenvalue weighted by molar-refractivity contribution is 5.79. The highest BCUT2D eigenvalue weighted by Gasteiger charge is 2.33. The molecular weight excluding hydrogens is 360 g/mol. The molecule has 2 aromatic rings. The number of aromatic hydroxyl groups is 1. The summed E-state index contributed by atoms with van der Waals surface area (Å²) in [6, 6.07) is 0.868. The summed E-state index contributed by atoms with van der Waals surface area (Å²) in [7, 11) is 0. The molecule has 0 aliphatic carbocycles. The number of nitrogens with zero attached hydrogens (tertiary/aromatic N) is 2. The van der Waals surface area contributed by atoms with E-state index in [0.29, 0.717) is 0 Å². The lowest BCUT2D eigenvalue weighted by molar-refractivity contribution is -0.143. The van der Waals surface area contributed by atoms with Crippen LogP contribution >= 0.6 is 0 Å². The Labute approximate surface area is 152 Å². The number of rotatable bonds is 6. The van der Waals surface area contributed by atoms with Crippen molar-refractivity contribution in [3.05, 3.63) is 57.4 Å². The molecule has 0 aromatic carbocycles. The van der Waals surface area contributed by atoms with Gasteiger partial charge in [0.2, 0.25) is 10.9 Å². The van der Waals surface area contributed by atoms with E-state index in [1.165, 1.54) is 23.9 Å². The van der Waals surface area contributed by atoms with Crippen molar-refractivity contribution in [3.8, 4) is 11.5 Å². The van der Waals surface area contributed by atoms with Crippen molar-refractivity contribution in [3.63, 3.8) is 0 Å². The highest BCUT2D eigenvalue weighted by atomic mass is 16.5. The molecule has 27 heavy (non-hydrogen) atoms. The van der Waals surface area contributed by atoms with E-state index in [9.17, 15) is 24.3 Å². The number of pyridine rings is 2. The molecule has 0 radical (unpaired) electrons. The number of carbonyl (C=O) groups is 2. The van der Waals surface area contributed by atoms with E-state index in [0.717, 1.165) is 29.1 Å². The van der Waals surface area contributed by atoms with Crippen LogP contribution in [0, 0.1) is 0 Å². The van der Waals surface area contributed by atoms with E-state index in [-0.39, 0.29) is 12.3 Å². The summed E-state index contributed by atoms with van der Waals surface area (Å²) >= 11 is 0. The van der Waals surface area contributed by atoms with Crippen LogP contribution in [-0.2, 0) is 21.8 Å². The maximum Gasteiger partial charge on any atom is 0.352 e. The summed E-state index contributed by atoms with van der Waals surface area (Å²) < 4.78 is 7.38. The van der Waals surface area contributed by atoms with Crippen LogP contribution in [0.15, 0.2) is 46.5 Å². The minimum absolute atomic E-state index is 0.159. The Morgan fingerprint density at radius 2 is 1.85 bits per heavy atom. The molecule has 0 aliphatic heterocycles. The van der Waals surface area contributed by atoms with E-state index in [1.807, 2.05) is 0 Å². The number of carboxylic acid groups (broad SMARTS) is 1. The molecule has 1 unspecified atom stereocenters. The van der Waals surface area contributed by atoms with E-state index >= 15 is 0 Å². The molecule has 0 bridgehead atoms. The molecule has 0 aliphatic rings. The predicted molar refractivity (Wildman–Crippen MR) is 92.2 cm³/mol. The summed E-state index contributed by atoms with van der Waals surface area (Å²) in [5.41, 5.74) is 8.21. The van der Waals surface area contributed by atoms with Gasteiger partial charge in [0.1, 0.15) is 6.04 Å². The smallest absolute Gasteiger partial charge is 0.352 e. The van der Waals surface area contributed by atoms with Gasteiger partial charge < -0.3 is 29.8 Å². The van der Waals surface area contributed by atoms with Crippen molar-refractivity contribution in [2.24, 2.45) is 11.5 Å². The highest BCUT2D eigenvalue weighted by Crippen LogP contribution is 2.15. The van der Waals surface area contributed by atoms with Gasteiger partial charge in [-0.25, -0.2) is 4.79 Å². The maximum absolute atomic E-state index is 12.4. The van der Waals surface area contributed by atoms with Gasteiger partial charge in [-0.05, 0) is 6.92 Å². The summed E-state index contributed by atoms with van der Waals surface area (Å²) in [4.78, 5) is 46.4. The lowest BCUT2D eigenvalue weighted by Crippen LogP contribution is -2.50. The molecule has 2 atom stereocenters. The average Bonchev–Trinajstić information content (AvgIpc) is 2.59. The van der Waals surface area contributed by atoms with Crippen LogP contribution in [0.25, 0.3) is 0 Å². The molecule has 11 nitrogen and oxygen atoms in total. The lowest BCUT2D eigenvalue weighted by Gasteiger charge is -2.25. The number of esters is 1. The zero-order valence-corrected chi connectivity index (χ0v) is 14.2. The number of hydrogen-bond donors (Lipinski definition) is 4. The Morgan fingerprint density at radius 3 is 2.44 bits per heavy atom. The molecule has 144 valence electrons. The van der Waals surface area contributed by atoms with Gasteiger partial charge in [-0.15, -0.1) is 0 Å². The van der Waals surface area contributed by atoms with Crippen molar-refractivity contribution in [1.82, 2.24) is 9.13 Å². The van der Waals surface area contributed by atoms with Crippen LogP contribution < -0.4 is 27.1 Å². The minimum Gasteiger partial charge on any atom is -0.503 e. The monoisotopic (exact) mass is 378 g/mol. The third kappa shape index (κ3) is 4.40. The van der Waals surface area contributed by atoms with Gasteiger partial charge in [0, 0.05) is 31.1 Å². The molecule has 2 heterocycles. The van der Waals surface area contributed by atoms with Crippen LogP contribution in [0.1, 0.15) is 6.92 Å². The summed E-state index contributed by atoms with van der Waals surface area (Å²) in [6.45, 7) is 1.09. The Kier molecular flexibility index (Phi) is 5.47. The quantitative estimate of drug-likeness (QED) is 0.429. The summed E-state index contributed by atoms with van der Waals surface area (Å²) in [5.74, 6) is -3.29. The number of aliphatic carboxylic acids is 1. The average molecular weight is 378 g/mol. The van der Waals surface area contributed by atoms with Gasteiger partial charge in [0.15, 0.2) is 17.2 Å². The largest absolute Gasteiger partial charge is 0.503 e. The van der Waals surface area contributed by atoms with E-state index in [4.69, 9.17) is 21.3 Å². The predicted octanol–water partition coefficient (Wildman–Crippen LogP) is -1.64. The van der Waals surface area contributed by atoms with Gasteiger partial charge >= 0.3 is 11.9 Å². The number of hydrogen-bond acceptors (Lipinski definition) is 8. The number of aromatic nitrogens is 2. The fourth-order valence-corrected chi connectivity index (χ4v) is 2.07. The second-order valence-corrected chi connectivity index (χ2v) is 5.95. The fraction of sp³-hybridized carbons (Fsp3) is 0.250. The van der Waals surface area contributed by atoms with Gasteiger partial charge in [0.05, 0.1) is 12.4 Å². The van der Waals surface area contributed by atoms with Crippen molar-refractivity contribution in [2.75, 3.05) is 0 Å². The molecule has 0 fully saturated rings. The van der Waals surface area contributed by atoms with E-state index in [1.54, 1.807) is 0 Å². The zero-order valence-electron chi connectivity index (χ0n) is 14.2. The van der Waals surface area contributed by atoms with Crippen molar-refractivity contribution < 1.29 is 24.5 Å². The SMILES string of the molecule is CC(N)(C(=O)Oc1cn(C[C@H](N)C(=O)O)ccc1=O)n1ccc(=O)c(O)c1. The normalized spacial score (nSPS) is 14.2. The molecule has 2 rings (SSSR count). The summed E-state index contributed by atoms with van der Waals surface area (Å²) in [5, 5.41) is 18.3. The van der Waals surface area contributed by atoms with Crippen LogP contribution in [-0.4, -0.2) is 37.3 Å². The van der Waals surface area contributed by atoms with Crippen LogP contribution in [0.4, 0.5) is 0 Å². The second kappa shape index (κ2) is 7.43. The first-order valence-electron chi connectivity index (χ1n) is 7.63. The van der Waals surface area contributed by atoms with Gasteiger partial charge in [-0.3, -0.25) is 20.1 Å². The number of ether oxygens (including phenoxy) is 1. The fourth-order valence-electron chi connectivity index (χ4n) is 2.07. The lowest BCUT2D eigenvalue weighted by atomic mass is 10.2. The van der Waals surface area contributed by atoms with Gasteiger partial charge in [0.25, 0.3) is 0 Å². The van der Waals surface area contributed by atoms with Crippen LogP contribution in [0.2, 0.25) is 0 Å². The molecular formula is C16H18N4O7. The Bertz CT molecular complexity index is 993. The third-order valence-electron chi connectivity index (χ3n) is 3.72. The van der Waals surface area contributed by atoms with E-state index < -0.39 is 40.3 Å². The number of nitrogens with two attached hydrogens (primary N) is 2. The first-order chi connectivity index (χ1) is 12.5. The standard InChI is InChI=1S/C16H18N4O7/c1-16(18,20-5-3-10(21)12(23)7-20)15(26)27-13-8-19(4-2-11(13)22)6-9(17)14(24)25/h2-5,7-9,23H,6,17-18H2,1H3,(H,24,25)/t9-,16?/m0/s1. The summed E-state index contributed by atoms with van der Waals surface area (Å²) in [6.07, 6.45) is 4.56. The zero-order chi connectivity index (χ0) is 20.4. The molecule has 0 amide bonds. The Hall–Kier alpha value is -3.44. The first-order valence-corrected chi connectivity index (χ1v) is 7.63. The molecule has 0 spiro atoms. The molecule has 0 saturated carbocycles. The van der Waals surface area contributed by atoms with Crippen molar-refractivity contribution in [2.45, 2.75) is 25.2 Å². The molecule has 2 aromatic heterocycles. The van der Waals surface area contributed by atoms with Gasteiger partial charge in [-0.2, -0.15) is 0 Å². The van der Waals surface area contributed by atoms with Crippen LogP contribution in [0.5, 0.6) is 11.5 Å². The maximum atomic E-state index is 12.4. The topological polar surface area (TPSA) is 180 Å². The van der Waals surface area contributed by atoms with Crippen molar-refractivity contribution >= 4 is 11.9 Å². The minimum atomic E-state index is -1.85. The Balaban J connectivity index is 2.28. The van der Waals surface area contributed by atoms with Gasteiger partial charge in [-0.1, -0.05) is 0 Å². The number of carboxylic acids is 1. The van der Waals surface area contributed by atoms with Crippen LogP contribution in [0.3, 0.4) is 0 Å².